The Labute approximate surface area is 121 Å². The molecule has 1 atom stereocenters. The number of esters is 1. The van der Waals surface area contributed by atoms with Crippen LogP contribution in [-0.2, 0) is 16.0 Å². The molecule has 0 aromatic carbocycles. The smallest absolute Gasteiger partial charge is 0.310 e. The van der Waals surface area contributed by atoms with Gasteiger partial charge in [-0.05, 0) is 46.9 Å². The molecule has 0 radical (unpaired) electrons. The summed E-state index contributed by atoms with van der Waals surface area (Å²) in [6.07, 6.45) is 0.988. The predicted octanol–water partition coefficient (Wildman–Crippen LogP) is 3.09. The molecule has 1 unspecified atom stereocenters. The van der Waals surface area contributed by atoms with Crippen LogP contribution < -0.4 is 5.32 Å². The maximum absolute atomic E-state index is 11.6. The van der Waals surface area contributed by atoms with Gasteiger partial charge in [0.15, 0.2) is 0 Å². The summed E-state index contributed by atoms with van der Waals surface area (Å²) in [5, 5.41) is 3.33. The third-order valence-electron chi connectivity index (χ3n) is 2.85. The molecule has 0 spiro atoms. The minimum absolute atomic E-state index is 0.0647. The normalized spacial score (nSPS) is 12.7. The monoisotopic (exact) mass is 333 g/mol. The van der Waals surface area contributed by atoms with Crippen LogP contribution in [0.5, 0.6) is 0 Å². The summed E-state index contributed by atoms with van der Waals surface area (Å²) in [5.41, 5.74) is 0. The Morgan fingerprint density at radius 2 is 2.22 bits per heavy atom. The molecule has 0 aliphatic carbocycles. The topological polar surface area (TPSA) is 38.3 Å². The van der Waals surface area contributed by atoms with E-state index in [1.165, 1.54) is 12.0 Å². The van der Waals surface area contributed by atoms with Crippen molar-refractivity contribution in [1.82, 2.24) is 5.32 Å². The van der Waals surface area contributed by atoms with Crippen molar-refractivity contribution in [3.8, 4) is 0 Å². The van der Waals surface area contributed by atoms with Gasteiger partial charge in [-0.2, -0.15) is 0 Å². The highest BCUT2D eigenvalue weighted by molar-refractivity contribution is 9.11. The number of carbonyl (C=O) groups is 1. The molecule has 1 aromatic rings. The quantitative estimate of drug-likeness (QED) is 0.615. The standard InChI is InChI=1S/C13H20BrNO2S/c1-9(2)11(13(16)17-3)8-15-7-6-10-4-5-12(14)18-10/h4-5,9,11,15H,6-8H2,1-3H3. The van der Waals surface area contributed by atoms with E-state index >= 15 is 0 Å². The highest BCUT2D eigenvalue weighted by atomic mass is 79.9. The Morgan fingerprint density at radius 1 is 1.50 bits per heavy atom. The zero-order chi connectivity index (χ0) is 13.5. The van der Waals surface area contributed by atoms with Crippen molar-refractivity contribution in [3.05, 3.63) is 20.8 Å². The molecule has 3 nitrogen and oxygen atoms in total. The zero-order valence-electron chi connectivity index (χ0n) is 11.0. The molecule has 18 heavy (non-hydrogen) atoms. The van der Waals surface area contributed by atoms with Gasteiger partial charge in [-0.1, -0.05) is 13.8 Å². The number of hydrogen-bond donors (Lipinski definition) is 1. The Bertz CT molecular complexity index is 379. The van der Waals surface area contributed by atoms with Gasteiger partial charge in [0.2, 0.25) is 0 Å². The van der Waals surface area contributed by atoms with Gasteiger partial charge in [0, 0.05) is 11.4 Å². The number of nitrogens with one attached hydrogen (secondary N) is 1. The van der Waals surface area contributed by atoms with E-state index in [0.29, 0.717) is 12.5 Å². The molecule has 0 amide bonds. The average Bonchev–Trinajstić information content (AvgIpc) is 2.73. The van der Waals surface area contributed by atoms with Gasteiger partial charge in [0.1, 0.15) is 0 Å². The first-order valence-electron chi connectivity index (χ1n) is 6.07. The van der Waals surface area contributed by atoms with Crippen LogP contribution in [-0.4, -0.2) is 26.2 Å². The van der Waals surface area contributed by atoms with Crippen LogP contribution in [0.15, 0.2) is 15.9 Å². The van der Waals surface area contributed by atoms with E-state index in [2.05, 4.69) is 33.4 Å². The van der Waals surface area contributed by atoms with E-state index in [-0.39, 0.29) is 11.9 Å². The van der Waals surface area contributed by atoms with Crippen molar-refractivity contribution >= 4 is 33.2 Å². The summed E-state index contributed by atoms with van der Waals surface area (Å²) in [5.74, 6) is 0.0993. The minimum atomic E-state index is -0.128. The molecule has 5 heteroatoms. The summed E-state index contributed by atoms with van der Waals surface area (Å²) < 4.78 is 5.97. The molecular weight excluding hydrogens is 314 g/mol. The highest BCUT2D eigenvalue weighted by Gasteiger charge is 2.22. The molecule has 102 valence electrons. The van der Waals surface area contributed by atoms with Crippen LogP contribution in [0.3, 0.4) is 0 Å². The van der Waals surface area contributed by atoms with Gasteiger partial charge < -0.3 is 10.1 Å². The first-order chi connectivity index (χ1) is 8.54. The number of halogens is 1. The molecule has 0 saturated carbocycles. The molecule has 1 rings (SSSR count). The highest BCUT2D eigenvalue weighted by Crippen LogP contribution is 2.22. The van der Waals surface area contributed by atoms with Gasteiger partial charge in [-0.25, -0.2) is 0 Å². The number of ether oxygens (including phenoxy) is 1. The zero-order valence-corrected chi connectivity index (χ0v) is 13.4. The van der Waals surface area contributed by atoms with Crippen molar-refractivity contribution < 1.29 is 9.53 Å². The maximum Gasteiger partial charge on any atom is 0.310 e. The van der Waals surface area contributed by atoms with Crippen molar-refractivity contribution in [2.24, 2.45) is 11.8 Å². The fraction of sp³-hybridized carbons (Fsp3) is 0.615. The third kappa shape index (κ3) is 5.08. The van der Waals surface area contributed by atoms with E-state index in [9.17, 15) is 4.79 Å². The number of hydrogen-bond acceptors (Lipinski definition) is 4. The van der Waals surface area contributed by atoms with Gasteiger partial charge in [-0.3, -0.25) is 4.79 Å². The van der Waals surface area contributed by atoms with Crippen LogP contribution in [0.25, 0.3) is 0 Å². The van der Waals surface area contributed by atoms with E-state index in [1.807, 2.05) is 13.8 Å². The lowest BCUT2D eigenvalue weighted by atomic mass is 9.96. The van der Waals surface area contributed by atoms with Crippen LogP contribution in [0.2, 0.25) is 0 Å². The number of methoxy groups -OCH3 is 1. The minimum Gasteiger partial charge on any atom is -0.469 e. The van der Waals surface area contributed by atoms with Gasteiger partial charge in [0.25, 0.3) is 0 Å². The lowest BCUT2D eigenvalue weighted by Crippen LogP contribution is -2.33. The van der Waals surface area contributed by atoms with E-state index in [1.54, 1.807) is 11.3 Å². The third-order valence-corrected chi connectivity index (χ3v) is 4.53. The van der Waals surface area contributed by atoms with Crippen molar-refractivity contribution in [2.45, 2.75) is 20.3 Å². The molecule has 0 aliphatic heterocycles. The second-order valence-corrected chi connectivity index (χ2v) is 7.08. The molecule has 1 N–H and O–H groups in total. The fourth-order valence-corrected chi connectivity index (χ4v) is 3.18. The van der Waals surface area contributed by atoms with E-state index < -0.39 is 0 Å². The van der Waals surface area contributed by atoms with Crippen LogP contribution in [0.4, 0.5) is 0 Å². The molecule has 1 heterocycles. The number of carbonyl (C=O) groups excluding carboxylic acids is 1. The SMILES string of the molecule is COC(=O)C(CNCCc1ccc(Br)s1)C(C)C. The fourth-order valence-electron chi connectivity index (χ4n) is 1.70. The van der Waals surface area contributed by atoms with Gasteiger partial charge in [0.05, 0.1) is 16.8 Å². The summed E-state index contributed by atoms with van der Waals surface area (Å²) in [4.78, 5) is 12.9. The molecular formula is C13H20BrNO2S. The average molecular weight is 334 g/mol. The van der Waals surface area contributed by atoms with Gasteiger partial charge in [-0.15, -0.1) is 11.3 Å². The Balaban J connectivity index is 2.29. The van der Waals surface area contributed by atoms with E-state index in [4.69, 9.17) is 4.74 Å². The van der Waals surface area contributed by atoms with Crippen LogP contribution in [0, 0.1) is 11.8 Å². The summed E-state index contributed by atoms with van der Waals surface area (Å²) in [6.45, 7) is 5.64. The summed E-state index contributed by atoms with van der Waals surface area (Å²) in [7, 11) is 1.45. The van der Waals surface area contributed by atoms with Crippen molar-refractivity contribution in [3.63, 3.8) is 0 Å². The maximum atomic E-state index is 11.6. The Hall–Kier alpha value is -0.390. The number of rotatable bonds is 7. The lowest BCUT2D eigenvalue weighted by Gasteiger charge is -2.18. The molecule has 0 aliphatic rings. The summed E-state index contributed by atoms with van der Waals surface area (Å²) in [6, 6.07) is 4.18. The predicted molar refractivity (Wildman–Crippen MR) is 78.9 cm³/mol. The van der Waals surface area contributed by atoms with Crippen molar-refractivity contribution in [1.29, 1.82) is 0 Å². The molecule has 1 aromatic heterocycles. The second kappa shape index (κ2) is 7.92. The molecule has 0 bridgehead atoms. The lowest BCUT2D eigenvalue weighted by molar-refractivity contribution is -0.146. The van der Waals surface area contributed by atoms with Crippen molar-refractivity contribution in [2.75, 3.05) is 20.2 Å². The summed E-state index contributed by atoms with van der Waals surface area (Å²) >= 11 is 5.20. The van der Waals surface area contributed by atoms with Gasteiger partial charge >= 0.3 is 5.97 Å². The molecule has 0 saturated heterocycles. The number of thiophene rings is 1. The Kier molecular flexibility index (Phi) is 6.89. The first kappa shape index (κ1) is 15.7. The largest absolute Gasteiger partial charge is 0.469 e. The van der Waals surface area contributed by atoms with Crippen LogP contribution >= 0.6 is 27.3 Å². The Morgan fingerprint density at radius 3 is 2.72 bits per heavy atom. The first-order valence-corrected chi connectivity index (χ1v) is 7.68. The van der Waals surface area contributed by atoms with E-state index in [0.717, 1.165) is 16.8 Å². The second-order valence-electron chi connectivity index (χ2n) is 4.53. The van der Waals surface area contributed by atoms with Crippen LogP contribution in [0.1, 0.15) is 18.7 Å². The molecule has 0 fully saturated rings.